The van der Waals surface area contributed by atoms with Crippen molar-refractivity contribution in [3.63, 3.8) is 0 Å². The molecule has 1 aliphatic heterocycles. The minimum atomic E-state index is -0.379. The van der Waals surface area contributed by atoms with E-state index in [4.69, 9.17) is 23.2 Å². The third-order valence-electron chi connectivity index (χ3n) is 1.73. The number of hydrogen-bond acceptors (Lipinski definition) is 2. The molecule has 2 heterocycles. The van der Waals surface area contributed by atoms with Crippen molar-refractivity contribution >= 4 is 40.3 Å². The molecule has 64 valence electrons. The van der Waals surface area contributed by atoms with E-state index in [1.54, 1.807) is 4.24 Å². The summed E-state index contributed by atoms with van der Waals surface area (Å²) >= 11 is 13.2. The topological polar surface area (TPSA) is 26.1 Å². The summed E-state index contributed by atoms with van der Waals surface area (Å²) in [7, 11) is 0. The predicted molar refractivity (Wildman–Crippen MR) is 48.9 cm³/mol. The van der Waals surface area contributed by atoms with Crippen LogP contribution in [0.2, 0.25) is 0 Å². The largest absolute Gasteiger partial charge is 0.504 e. The van der Waals surface area contributed by atoms with Crippen LogP contribution in [-0.2, 0) is 0 Å². The summed E-state index contributed by atoms with van der Waals surface area (Å²) in [5.41, 5.74) is 0. The molecule has 0 fully saturated rings. The summed E-state index contributed by atoms with van der Waals surface area (Å²) in [5, 5.41) is 11.7. The molecule has 1 aromatic heterocycles. The van der Waals surface area contributed by atoms with Gasteiger partial charge in [-0.05, 0) is 11.6 Å². The zero-order chi connectivity index (χ0) is 8.72. The molecule has 0 aliphatic carbocycles. The van der Waals surface area contributed by atoms with Gasteiger partial charge in [0.15, 0.2) is 12.0 Å². The molecule has 0 saturated carbocycles. The molecule has 1 atom stereocenters. The molecule has 1 unspecified atom stereocenters. The summed E-state index contributed by atoms with van der Waals surface area (Å²) in [6.07, 6.45) is 2.31. The van der Waals surface area contributed by atoms with Gasteiger partial charge in [0.25, 0.3) is 5.17 Å². The number of fused-ring (bicyclic) bond motifs is 1. The Bertz CT molecular complexity index is 425. The second-order valence-electron chi connectivity index (χ2n) is 2.51. The summed E-state index contributed by atoms with van der Waals surface area (Å²) in [6, 6.07) is 0. The third kappa shape index (κ3) is 1.13. The molecule has 12 heavy (non-hydrogen) atoms. The van der Waals surface area contributed by atoms with E-state index in [0.717, 1.165) is 4.66 Å². The van der Waals surface area contributed by atoms with Crippen LogP contribution in [0.15, 0.2) is 11.6 Å². The number of rotatable bonds is 0. The maximum atomic E-state index is 9.54. The first kappa shape index (κ1) is 8.35. The number of nitrogens with zero attached hydrogens (tertiary/aromatic N) is 1. The van der Waals surface area contributed by atoms with Crippen molar-refractivity contribution in [1.29, 1.82) is 0 Å². The summed E-state index contributed by atoms with van der Waals surface area (Å²) < 4.78 is 2.48. The van der Waals surface area contributed by atoms with Gasteiger partial charge in [0.05, 0.1) is 11.8 Å². The van der Waals surface area contributed by atoms with Crippen LogP contribution in [0.1, 0.15) is 6.42 Å². The molecule has 0 spiro atoms. The number of halogens is 2. The van der Waals surface area contributed by atoms with Gasteiger partial charge >= 0.3 is 4.66 Å². The molecule has 0 amide bonds. The fourth-order valence-corrected chi connectivity index (χ4v) is 2.73. The third-order valence-corrected chi connectivity index (χ3v) is 3.32. The Balaban J connectivity index is 2.89. The lowest BCUT2D eigenvalue weighted by Gasteiger charge is -2.04. The van der Waals surface area contributed by atoms with Gasteiger partial charge in [-0.1, -0.05) is 11.3 Å². The van der Waals surface area contributed by atoms with Crippen LogP contribution in [0.4, 0.5) is 0 Å². The first-order chi connectivity index (χ1) is 5.70. The monoisotopic (exact) mass is 222 g/mol. The van der Waals surface area contributed by atoms with Crippen molar-refractivity contribution in [2.75, 3.05) is 0 Å². The lowest BCUT2D eigenvalue weighted by atomic mass is 10.2. The Morgan fingerprint density at radius 3 is 3.17 bits per heavy atom. The number of aliphatic hydroxyl groups is 1. The van der Waals surface area contributed by atoms with E-state index in [0.29, 0.717) is 11.6 Å². The standard InChI is InChI=1S/C7H5Cl2NOS/c8-4-3-5(9)10-1-2-12-7(10)6(4)11/h1-2,4H,3H2/p+1. The Morgan fingerprint density at radius 1 is 1.67 bits per heavy atom. The molecule has 0 aromatic carbocycles. The zero-order valence-corrected chi connectivity index (χ0v) is 8.33. The molecule has 5 heteroatoms. The molecule has 0 radical (unpaired) electrons. The normalized spacial score (nSPS) is 22.7. The van der Waals surface area contributed by atoms with E-state index in [2.05, 4.69) is 0 Å². The fraction of sp³-hybridized carbons (Fsp3) is 0.286. The second kappa shape index (κ2) is 2.91. The highest BCUT2D eigenvalue weighted by Crippen LogP contribution is 2.18. The molecule has 0 bridgehead atoms. The minimum absolute atomic E-state index is 0.219. The average Bonchev–Trinajstić information content (AvgIpc) is 2.48. The van der Waals surface area contributed by atoms with Crippen LogP contribution in [0.5, 0.6) is 0 Å². The van der Waals surface area contributed by atoms with Gasteiger partial charge in [-0.15, -0.1) is 15.8 Å². The van der Waals surface area contributed by atoms with Gasteiger partial charge in [-0.25, -0.2) is 0 Å². The van der Waals surface area contributed by atoms with Crippen molar-refractivity contribution in [1.82, 2.24) is 0 Å². The lowest BCUT2D eigenvalue weighted by Crippen LogP contribution is -2.41. The lowest BCUT2D eigenvalue weighted by molar-refractivity contribution is -0.528. The van der Waals surface area contributed by atoms with Gasteiger partial charge in [-0.3, -0.25) is 0 Å². The van der Waals surface area contributed by atoms with Crippen molar-refractivity contribution < 1.29 is 9.35 Å². The van der Waals surface area contributed by atoms with Gasteiger partial charge in [0, 0.05) is 0 Å². The van der Waals surface area contributed by atoms with E-state index in [-0.39, 0.29) is 11.1 Å². The number of alkyl halides is 1. The number of aromatic nitrogens is 1. The first-order valence-corrected chi connectivity index (χ1v) is 5.10. The molecule has 1 aromatic rings. The van der Waals surface area contributed by atoms with Crippen LogP contribution >= 0.6 is 34.5 Å². The highest BCUT2D eigenvalue weighted by Gasteiger charge is 2.26. The van der Waals surface area contributed by atoms with E-state index in [1.807, 2.05) is 11.6 Å². The van der Waals surface area contributed by atoms with Crippen LogP contribution in [0, 0.1) is 5.17 Å². The second-order valence-corrected chi connectivity index (χ2v) is 4.37. The molecule has 1 N–H and O–H groups in total. The Labute approximate surface area is 83.0 Å². The van der Waals surface area contributed by atoms with Crippen LogP contribution in [-0.4, -0.2) is 10.5 Å². The number of thiazole rings is 1. The summed E-state index contributed by atoms with van der Waals surface area (Å²) in [4.78, 5) is 0. The maximum absolute atomic E-state index is 9.54. The highest BCUT2D eigenvalue weighted by atomic mass is 35.5. The van der Waals surface area contributed by atoms with Crippen molar-refractivity contribution in [2.45, 2.75) is 11.8 Å². The molecule has 2 rings (SSSR count). The van der Waals surface area contributed by atoms with Crippen LogP contribution in [0.25, 0.3) is 5.76 Å². The van der Waals surface area contributed by atoms with Crippen molar-refractivity contribution in [3.8, 4) is 0 Å². The van der Waals surface area contributed by atoms with Gasteiger partial charge < -0.3 is 5.11 Å². The quantitative estimate of drug-likeness (QED) is 0.520. The van der Waals surface area contributed by atoms with E-state index in [9.17, 15) is 5.11 Å². The number of aliphatic hydroxyl groups excluding tert-OH is 1. The predicted octanol–water partition coefficient (Wildman–Crippen LogP) is 1.29. The van der Waals surface area contributed by atoms with Gasteiger partial charge in [-0.2, -0.15) is 0 Å². The molecular formula is C7H6Cl2NOS+. The van der Waals surface area contributed by atoms with E-state index >= 15 is 0 Å². The summed E-state index contributed by atoms with van der Waals surface area (Å²) in [6.45, 7) is 0. The average molecular weight is 223 g/mol. The van der Waals surface area contributed by atoms with Gasteiger partial charge in [0.2, 0.25) is 0 Å². The Hall–Kier alpha value is -0.250. The highest BCUT2D eigenvalue weighted by molar-refractivity contribution is 7.07. The Morgan fingerprint density at radius 2 is 2.42 bits per heavy atom. The fourth-order valence-electron chi connectivity index (χ4n) is 1.13. The smallest absolute Gasteiger partial charge is 0.307 e. The molecule has 0 saturated heterocycles. The number of hydrogen-bond donors (Lipinski definition) is 1. The molecule has 2 nitrogen and oxygen atoms in total. The van der Waals surface area contributed by atoms with Crippen molar-refractivity contribution in [3.05, 3.63) is 21.4 Å². The first-order valence-electron chi connectivity index (χ1n) is 3.41. The van der Waals surface area contributed by atoms with Gasteiger partial charge in [0.1, 0.15) is 5.38 Å². The maximum Gasteiger partial charge on any atom is 0.307 e. The SMILES string of the molecule is OC1=c2scc[n+]2=C(Cl)CC1Cl. The molecular weight excluding hydrogens is 217 g/mol. The summed E-state index contributed by atoms with van der Waals surface area (Å²) in [5.74, 6) is 0.219. The van der Waals surface area contributed by atoms with Crippen LogP contribution in [0.3, 0.4) is 0 Å². The van der Waals surface area contributed by atoms with E-state index < -0.39 is 0 Å². The minimum Gasteiger partial charge on any atom is -0.504 e. The Kier molecular flexibility index (Phi) is 2.02. The van der Waals surface area contributed by atoms with E-state index in [1.165, 1.54) is 11.3 Å². The van der Waals surface area contributed by atoms with Crippen molar-refractivity contribution in [2.24, 2.45) is 0 Å². The van der Waals surface area contributed by atoms with Crippen LogP contribution < -0.4 is 8.91 Å². The molecule has 1 aliphatic rings. The zero-order valence-electron chi connectivity index (χ0n) is 6.00.